The fourth-order valence-corrected chi connectivity index (χ4v) is 5.67. The monoisotopic (exact) mass is 437 g/mol. The molecule has 4 aliphatic carbocycles. The molecule has 0 spiro atoms. The molecule has 0 aliphatic heterocycles. The third kappa shape index (κ3) is 12.1. The molecule has 0 aromatic carbocycles. The summed E-state index contributed by atoms with van der Waals surface area (Å²) < 4.78 is 0. The third-order valence-electron chi connectivity index (χ3n) is 8.77. The van der Waals surface area contributed by atoms with E-state index >= 15 is 0 Å². The van der Waals surface area contributed by atoms with E-state index in [0.717, 1.165) is 71.0 Å². The lowest BCUT2D eigenvalue weighted by Gasteiger charge is -1.98. The highest BCUT2D eigenvalue weighted by Gasteiger charge is 2.38. The highest BCUT2D eigenvalue weighted by atomic mass is 14.4. The number of hydrogen-bond donors (Lipinski definition) is 0. The molecule has 0 heterocycles. The van der Waals surface area contributed by atoms with Crippen LogP contribution in [0, 0.1) is 71.0 Å². The van der Waals surface area contributed by atoms with Gasteiger partial charge >= 0.3 is 0 Å². The molecule has 0 heteroatoms. The van der Waals surface area contributed by atoms with Crippen molar-refractivity contribution in [1.82, 2.24) is 0 Å². The molecule has 8 atom stereocenters. The summed E-state index contributed by atoms with van der Waals surface area (Å²) in [5.41, 5.74) is 0. The minimum atomic E-state index is 0. The Labute approximate surface area is 200 Å². The molecule has 4 rings (SSSR count). The van der Waals surface area contributed by atoms with Gasteiger partial charge in [0.25, 0.3) is 0 Å². The van der Waals surface area contributed by atoms with Gasteiger partial charge in [-0.3, -0.25) is 0 Å². The zero-order valence-electron chi connectivity index (χ0n) is 23.2. The van der Waals surface area contributed by atoms with Crippen molar-refractivity contribution < 1.29 is 0 Å². The van der Waals surface area contributed by atoms with Crippen LogP contribution in [0.25, 0.3) is 0 Å². The SMILES string of the molecule is C.CC(C)C1CC1C.CC(C)C1CC1C.CCC1CC1C(C)C.CCC1CC1C(C)C. The summed E-state index contributed by atoms with van der Waals surface area (Å²) in [6.07, 6.45) is 8.80. The Bertz CT molecular complexity index is 403. The lowest BCUT2D eigenvalue weighted by molar-refractivity contribution is 0.512. The Kier molecular flexibility index (Phi) is 14.3. The van der Waals surface area contributed by atoms with Gasteiger partial charge in [-0.1, -0.05) is 103 Å². The summed E-state index contributed by atoms with van der Waals surface area (Å²) in [5, 5.41) is 0. The summed E-state index contributed by atoms with van der Waals surface area (Å²) in [7, 11) is 0. The Balaban J connectivity index is 0.000000384. The maximum atomic E-state index is 2.34. The summed E-state index contributed by atoms with van der Waals surface area (Å²) in [6, 6.07) is 0. The molecular weight excluding hydrogens is 372 g/mol. The fourth-order valence-electron chi connectivity index (χ4n) is 5.67. The van der Waals surface area contributed by atoms with E-state index < -0.39 is 0 Å². The van der Waals surface area contributed by atoms with Crippen LogP contribution in [-0.2, 0) is 0 Å². The second-order valence-corrected chi connectivity index (χ2v) is 12.9. The maximum Gasteiger partial charge on any atom is -0.0360 e. The van der Waals surface area contributed by atoms with E-state index in [2.05, 4.69) is 83.1 Å². The smallest absolute Gasteiger partial charge is 0.0360 e. The molecule has 31 heavy (non-hydrogen) atoms. The van der Waals surface area contributed by atoms with Crippen molar-refractivity contribution >= 4 is 0 Å². The van der Waals surface area contributed by atoms with Gasteiger partial charge in [0.1, 0.15) is 0 Å². The summed E-state index contributed by atoms with van der Waals surface area (Å²) in [5.74, 6) is 12.3. The first kappa shape index (κ1) is 31.0. The molecule has 0 amide bonds. The predicted octanol–water partition coefficient (Wildman–Crippen LogP) is 10.6. The van der Waals surface area contributed by atoms with Crippen LogP contribution < -0.4 is 0 Å². The molecule has 0 aromatic heterocycles. The average Bonchev–Trinajstić information content (AvgIpc) is 3.50. The van der Waals surface area contributed by atoms with Crippen molar-refractivity contribution in [3.63, 3.8) is 0 Å². The quantitative estimate of drug-likeness (QED) is 0.388. The summed E-state index contributed by atoms with van der Waals surface area (Å²) >= 11 is 0. The molecule has 0 nitrogen and oxygen atoms in total. The second-order valence-electron chi connectivity index (χ2n) is 12.9. The van der Waals surface area contributed by atoms with Crippen LogP contribution in [0.3, 0.4) is 0 Å². The second kappa shape index (κ2) is 14.3. The van der Waals surface area contributed by atoms with Crippen molar-refractivity contribution in [2.45, 2.75) is 129 Å². The zero-order chi connectivity index (χ0) is 23.2. The molecule has 0 bridgehead atoms. The van der Waals surface area contributed by atoms with Crippen molar-refractivity contribution in [3.8, 4) is 0 Å². The van der Waals surface area contributed by atoms with Crippen LogP contribution in [0.2, 0.25) is 0 Å². The van der Waals surface area contributed by atoms with Crippen molar-refractivity contribution in [2.24, 2.45) is 71.0 Å². The minimum absolute atomic E-state index is 0. The van der Waals surface area contributed by atoms with Gasteiger partial charge in [0.05, 0.1) is 0 Å². The Morgan fingerprint density at radius 1 is 0.484 bits per heavy atom. The van der Waals surface area contributed by atoms with E-state index in [-0.39, 0.29) is 7.43 Å². The molecule has 188 valence electrons. The van der Waals surface area contributed by atoms with Crippen LogP contribution in [0.5, 0.6) is 0 Å². The van der Waals surface area contributed by atoms with Gasteiger partial charge in [-0.05, 0) is 96.7 Å². The van der Waals surface area contributed by atoms with Crippen LogP contribution in [-0.4, -0.2) is 0 Å². The van der Waals surface area contributed by atoms with Crippen molar-refractivity contribution in [2.75, 3.05) is 0 Å². The summed E-state index contributed by atoms with van der Waals surface area (Å²) in [6.45, 7) is 27.9. The number of rotatable bonds is 6. The molecule has 4 fully saturated rings. The van der Waals surface area contributed by atoms with Crippen molar-refractivity contribution in [3.05, 3.63) is 0 Å². The first-order valence-electron chi connectivity index (χ1n) is 13.9. The largest absolute Gasteiger partial charge is 0.0776 e. The standard InChI is InChI=1S/2C8H16.2C7H14.CH4/c2*1-4-7-5-8(7)6(2)3;2*1-5(2)7-4-6(7)3;/h2*6-8H,4-5H2,1-3H3;2*5-7H,4H2,1-3H3;1H4. The van der Waals surface area contributed by atoms with Crippen LogP contribution >= 0.6 is 0 Å². The van der Waals surface area contributed by atoms with E-state index in [9.17, 15) is 0 Å². The lowest BCUT2D eigenvalue weighted by atomic mass is 10.1. The number of hydrogen-bond acceptors (Lipinski definition) is 0. The first-order valence-corrected chi connectivity index (χ1v) is 13.9. The van der Waals surface area contributed by atoms with E-state index in [1.54, 1.807) is 0 Å². The van der Waals surface area contributed by atoms with Crippen molar-refractivity contribution in [1.29, 1.82) is 0 Å². The summed E-state index contributed by atoms with van der Waals surface area (Å²) in [4.78, 5) is 0. The Morgan fingerprint density at radius 2 is 0.710 bits per heavy atom. The highest BCUT2D eigenvalue weighted by Crippen LogP contribution is 2.46. The van der Waals surface area contributed by atoms with E-state index in [1.807, 2.05) is 0 Å². The van der Waals surface area contributed by atoms with E-state index in [4.69, 9.17) is 0 Å². The molecule has 8 unspecified atom stereocenters. The maximum absolute atomic E-state index is 2.34. The lowest BCUT2D eigenvalue weighted by Crippen LogP contribution is -1.90. The van der Waals surface area contributed by atoms with Crippen LogP contribution in [0.15, 0.2) is 0 Å². The van der Waals surface area contributed by atoms with Gasteiger partial charge in [0, 0.05) is 0 Å². The molecule has 0 aromatic rings. The van der Waals surface area contributed by atoms with Gasteiger partial charge in [-0.25, -0.2) is 0 Å². The van der Waals surface area contributed by atoms with E-state index in [0.29, 0.717) is 0 Å². The first-order chi connectivity index (χ1) is 13.9. The minimum Gasteiger partial charge on any atom is -0.0776 e. The van der Waals surface area contributed by atoms with Crippen LogP contribution in [0.4, 0.5) is 0 Å². The fraction of sp³-hybridized carbons (Fsp3) is 1.00. The molecular formula is C31H64. The van der Waals surface area contributed by atoms with E-state index in [1.165, 1.54) is 38.5 Å². The Morgan fingerprint density at radius 3 is 0.742 bits per heavy atom. The highest BCUT2D eigenvalue weighted by molar-refractivity contribution is 4.87. The van der Waals surface area contributed by atoms with Gasteiger partial charge in [-0.2, -0.15) is 0 Å². The van der Waals surface area contributed by atoms with Gasteiger partial charge in [0.15, 0.2) is 0 Å². The normalized spacial score (nSPS) is 36.4. The van der Waals surface area contributed by atoms with Gasteiger partial charge < -0.3 is 0 Å². The molecule has 4 aliphatic rings. The van der Waals surface area contributed by atoms with Gasteiger partial charge in [-0.15, -0.1) is 0 Å². The molecule has 0 saturated heterocycles. The molecule has 0 N–H and O–H groups in total. The third-order valence-corrected chi connectivity index (χ3v) is 8.77. The average molecular weight is 437 g/mol. The van der Waals surface area contributed by atoms with Gasteiger partial charge in [0.2, 0.25) is 0 Å². The molecule has 4 saturated carbocycles. The predicted molar refractivity (Wildman–Crippen MR) is 144 cm³/mol. The Hall–Kier alpha value is 0. The van der Waals surface area contributed by atoms with Crippen LogP contribution in [0.1, 0.15) is 129 Å². The zero-order valence-corrected chi connectivity index (χ0v) is 23.2. The topological polar surface area (TPSA) is 0 Å². The molecule has 0 radical (unpaired) electrons.